The smallest absolute Gasteiger partial charge is 0.186 e. The molecule has 6 nitrogen and oxygen atoms in total. The van der Waals surface area contributed by atoms with E-state index < -0.39 is 5.60 Å². The van der Waals surface area contributed by atoms with Gasteiger partial charge in [-0.3, -0.25) is 4.90 Å². The van der Waals surface area contributed by atoms with Crippen molar-refractivity contribution in [1.29, 1.82) is 0 Å². The van der Waals surface area contributed by atoms with Crippen LogP contribution in [0.2, 0.25) is 0 Å². The summed E-state index contributed by atoms with van der Waals surface area (Å²) in [6, 6.07) is 19.3. The van der Waals surface area contributed by atoms with Crippen molar-refractivity contribution in [3.8, 4) is 31.6 Å². The van der Waals surface area contributed by atoms with Crippen LogP contribution < -0.4 is 10.6 Å². The monoisotopic (exact) mass is 531 g/mol. The topological polar surface area (TPSA) is 78.5 Å². The van der Waals surface area contributed by atoms with E-state index in [0.717, 1.165) is 71.8 Å². The van der Waals surface area contributed by atoms with Crippen molar-refractivity contribution >= 4 is 27.8 Å². The van der Waals surface area contributed by atoms with Crippen LogP contribution in [0.25, 0.3) is 31.6 Å². The van der Waals surface area contributed by atoms with Gasteiger partial charge in [0.15, 0.2) is 5.13 Å². The second-order valence-corrected chi connectivity index (χ2v) is 12.4. The van der Waals surface area contributed by atoms with E-state index in [2.05, 4.69) is 64.4 Å². The van der Waals surface area contributed by atoms with Gasteiger partial charge in [0.25, 0.3) is 0 Å². The van der Waals surface area contributed by atoms with Crippen molar-refractivity contribution < 1.29 is 5.11 Å². The Balaban J connectivity index is 1.27. The Morgan fingerprint density at radius 2 is 1.70 bits per heavy atom. The van der Waals surface area contributed by atoms with Crippen LogP contribution in [0.4, 0.5) is 5.13 Å². The number of benzene rings is 2. The Morgan fingerprint density at radius 3 is 2.38 bits per heavy atom. The molecule has 1 saturated heterocycles. The van der Waals surface area contributed by atoms with Crippen molar-refractivity contribution in [2.24, 2.45) is 5.73 Å². The Labute approximate surface area is 226 Å². The summed E-state index contributed by atoms with van der Waals surface area (Å²) in [4.78, 5) is 17.0. The van der Waals surface area contributed by atoms with Crippen LogP contribution in [-0.2, 0) is 0 Å². The molecule has 0 bridgehead atoms. The Kier molecular flexibility index (Phi) is 6.86. The molecule has 2 fully saturated rings. The SMILES string of the molecule is C[C@]1(O)C[C@H](c2ccc(-c3nc(-c4cnc(N5CCN(CCN)CC5)s4)sc3-c3ccccc3)cc2)C1. The van der Waals surface area contributed by atoms with Crippen LogP contribution in [0.3, 0.4) is 0 Å². The standard InChI is InChI=1S/C29H33N5OS2/c1-29(35)17-23(18-29)20-7-9-21(10-8-20)25-26(22-5-3-2-4-6-22)37-27(32-25)24-19-31-28(36-24)34-15-13-33(12-11-30)14-16-34/h2-10,19,23,35H,11-18,30H2,1H3/t23-,29-. The number of anilines is 1. The zero-order chi connectivity index (χ0) is 25.4. The number of thiazole rings is 2. The van der Waals surface area contributed by atoms with Crippen LogP contribution in [0.15, 0.2) is 60.8 Å². The first-order valence-corrected chi connectivity index (χ1v) is 14.6. The van der Waals surface area contributed by atoms with Gasteiger partial charge in [-0.05, 0) is 36.8 Å². The van der Waals surface area contributed by atoms with Crippen molar-refractivity contribution in [3.63, 3.8) is 0 Å². The van der Waals surface area contributed by atoms with Crippen LogP contribution in [-0.4, -0.2) is 64.8 Å². The summed E-state index contributed by atoms with van der Waals surface area (Å²) >= 11 is 3.47. The van der Waals surface area contributed by atoms with E-state index in [1.807, 2.05) is 13.1 Å². The van der Waals surface area contributed by atoms with E-state index in [9.17, 15) is 5.11 Å². The molecule has 0 radical (unpaired) electrons. The molecule has 192 valence electrons. The number of nitrogens with zero attached hydrogens (tertiary/aromatic N) is 4. The highest BCUT2D eigenvalue weighted by molar-refractivity contribution is 7.25. The normalized spacial score (nSPS) is 22.2. The third kappa shape index (κ3) is 5.22. The molecule has 4 aromatic rings. The van der Waals surface area contributed by atoms with Gasteiger partial charge in [-0.2, -0.15) is 0 Å². The molecule has 1 aliphatic heterocycles. The maximum absolute atomic E-state index is 10.1. The van der Waals surface area contributed by atoms with Crippen molar-refractivity contribution in [2.45, 2.75) is 31.3 Å². The predicted octanol–water partition coefficient (Wildman–Crippen LogP) is 5.31. The summed E-state index contributed by atoms with van der Waals surface area (Å²) in [6.07, 6.45) is 3.64. The third-order valence-electron chi connectivity index (χ3n) is 7.48. The molecule has 0 amide bonds. The van der Waals surface area contributed by atoms with E-state index in [4.69, 9.17) is 15.7 Å². The average molecular weight is 532 g/mol. The van der Waals surface area contributed by atoms with E-state index >= 15 is 0 Å². The summed E-state index contributed by atoms with van der Waals surface area (Å²) in [6.45, 7) is 7.61. The average Bonchev–Trinajstić information content (AvgIpc) is 3.57. The van der Waals surface area contributed by atoms with Gasteiger partial charge in [-0.25, -0.2) is 9.97 Å². The largest absolute Gasteiger partial charge is 0.390 e. The number of hydrogen-bond acceptors (Lipinski definition) is 8. The van der Waals surface area contributed by atoms with E-state index in [1.165, 1.54) is 16.0 Å². The molecule has 1 saturated carbocycles. The summed E-state index contributed by atoms with van der Waals surface area (Å²) in [5, 5.41) is 12.2. The molecule has 8 heteroatoms. The molecule has 0 unspecified atom stereocenters. The van der Waals surface area contributed by atoms with Crippen LogP contribution in [0.1, 0.15) is 31.2 Å². The van der Waals surface area contributed by atoms with E-state index in [-0.39, 0.29) is 0 Å². The van der Waals surface area contributed by atoms with Gasteiger partial charge < -0.3 is 15.7 Å². The van der Waals surface area contributed by atoms with Crippen LogP contribution >= 0.6 is 22.7 Å². The summed E-state index contributed by atoms with van der Waals surface area (Å²) in [5.41, 5.74) is 9.83. The fraction of sp³-hybridized carbons (Fsp3) is 0.379. The highest BCUT2D eigenvalue weighted by Gasteiger charge is 2.39. The minimum Gasteiger partial charge on any atom is -0.390 e. The molecule has 2 aromatic heterocycles. The lowest BCUT2D eigenvalue weighted by Crippen LogP contribution is -2.47. The summed E-state index contributed by atoms with van der Waals surface area (Å²) < 4.78 is 0. The van der Waals surface area contributed by atoms with Crippen molar-refractivity contribution in [1.82, 2.24) is 14.9 Å². The first-order chi connectivity index (χ1) is 18.0. The van der Waals surface area contributed by atoms with E-state index in [1.54, 1.807) is 22.7 Å². The number of piperazine rings is 1. The third-order valence-corrected chi connectivity index (χ3v) is 9.82. The Bertz CT molecular complexity index is 1330. The van der Waals surface area contributed by atoms with Gasteiger partial charge >= 0.3 is 0 Å². The van der Waals surface area contributed by atoms with Gasteiger partial charge in [0.1, 0.15) is 5.01 Å². The summed E-state index contributed by atoms with van der Waals surface area (Å²) in [7, 11) is 0. The van der Waals surface area contributed by atoms with Gasteiger partial charge in [0.2, 0.25) is 0 Å². The predicted molar refractivity (Wildman–Crippen MR) is 154 cm³/mol. The Morgan fingerprint density at radius 1 is 0.973 bits per heavy atom. The van der Waals surface area contributed by atoms with Crippen LogP contribution in [0, 0.1) is 0 Å². The molecule has 0 spiro atoms. The Hall–Kier alpha value is -2.62. The van der Waals surface area contributed by atoms with E-state index in [0.29, 0.717) is 12.5 Å². The minimum atomic E-state index is -0.515. The molecular formula is C29H33N5OS2. The number of rotatable bonds is 7. The maximum Gasteiger partial charge on any atom is 0.186 e. The molecule has 1 aliphatic carbocycles. The molecule has 37 heavy (non-hydrogen) atoms. The highest BCUT2D eigenvalue weighted by atomic mass is 32.1. The molecule has 0 atom stereocenters. The van der Waals surface area contributed by atoms with Gasteiger partial charge in [-0.15, -0.1) is 11.3 Å². The molecule has 3 N–H and O–H groups in total. The molecule has 6 rings (SSSR count). The minimum absolute atomic E-state index is 0.441. The zero-order valence-corrected chi connectivity index (χ0v) is 22.8. The molecule has 2 aliphatic rings. The van der Waals surface area contributed by atoms with Gasteiger partial charge in [0.05, 0.1) is 27.2 Å². The highest BCUT2D eigenvalue weighted by Crippen LogP contribution is 2.46. The first-order valence-electron chi connectivity index (χ1n) is 13.0. The fourth-order valence-corrected chi connectivity index (χ4v) is 7.51. The number of aromatic nitrogens is 2. The van der Waals surface area contributed by atoms with Crippen molar-refractivity contribution in [3.05, 3.63) is 66.4 Å². The zero-order valence-electron chi connectivity index (χ0n) is 21.1. The van der Waals surface area contributed by atoms with Gasteiger partial charge in [-0.1, -0.05) is 65.9 Å². The number of hydrogen-bond donors (Lipinski definition) is 2. The second-order valence-electron chi connectivity index (χ2n) is 10.4. The van der Waals surface area contributed by atoms with Crippen LogP contribution in [0.5, 0.6) is 0 Å². The number of aliphatic hydroxyl groups is 1. The summed E-state index contributed by atoms with van der Waals surface area (Å²) in [5.74, 6) is 0.441. The quantitative estimate of drug-likeness (QED) is 0.337. The first kappa shape index (κ1) is 24.7. The lowest BCUT2D eigenvalue weighted by molar-refractivity contribution is -0.0313. The molecule has 2 aromatic carbocycles. The van der Waals surface area contributed by atoms with Crippen molar-refractivity contribution in [2.75, 3.05) is 44.2 Å². The van der Waals surface area contributed by atoms with Gasteiger partial charge in [0, 0.05) is 44.8 Å². The fourth-order valence-electron chi connectivity index (χ4n) is 5.41. The second kappa shape index (κ2) is 10.3. The lowest BCUT2D eigenvalue weighted by atomic mass is 9.69. The molecule has 3 heterocycles. The maximum atomic E-state index is 10.1. The molecular weight excluding hydrogens is 498 g/mol. The number of nitrogens with two attached hydrogens (primary N) is 1. The lowest BCUT2D eigenvalue weighted by Gasteiger charge is -2.41.